The minimum absolute atomic E-state index is 0.659. The average molecular weight is 257 g/mol. The Balaban J connectivity index is 2.33. The van der Waals surface area contributed by atoms with E-state index >= 15 is 0 Å². The second-order valence-corrected chi connectivity index (χ2v) is 4.34. The van der Waals surface area contributed by atoms with E-state index in [1.807, 2.05) is 12.1 Å². The molecule has 0 bridgehead atoms. The number of aromatic nitrogens is 4. The maximum Gasteiger partial charge on any atom is 0.180 e. The van der Waals surface area contributed by atoms with E-state index in [0.29, 0.717) is 5.82 Å². The maximum atomic E-state index is 4.56. The van der Waals surface area contributed by atoms with E-state index in [1.54, 1.807) is 6.20 Å². The molecule has 0 saturated heterocycles. The van der Waals surface area contributed by atoms with Gasteiger partial charge in [0, 0.05) is 24.5 Å². The van der Waals surface area contributed by atoms with E-state index in [4.69, 9.17) is 0 Å². The molecule has 0 spiro atoms. The second-order valence-electron chi connectivity index (χ2n) is 4.34. The predicted molar refractivity (Wildman–Crippen MR) is 75.8 cm³/mol. The zero-order chi connectivity index (χ0) is 13.5. The smallest absolute Gasteiger partial charge is 0.180 e. The Morgan fingerprint density at radius 3 is 2.74 bits per heavy atom. The van der Waals surface area contributed by atoms with Crippen molar-refractivity contribution in [3.8, 4) is 11.5 Å². The summed E-state index contributed by atoms with van der Waals surface area (Å²) in [5.74, 6) is 1.53. The molecule has 5 nitrogen and oxygen atoms in total. The van der Waals surface area contributed by atoms with Crippen molar-refractivity contribution in [1.29, 1.82) is 0 Å². The monoisotopic (exact) mass is 257 g/mol. The van der Waals surface area contributed by atoms with E-state index in [0.717, 1.165) is 43.0 Å². The number of nitrogens with zero attached hydrogens (tertiary/aromatic N) is 4. The van der Waals surface area contributed by atoms with Crippen molar-refractivity contribution in [2.75, 3.05) is 11.9 Å². The number of aryl methyl sites for hydroxylation is 1. The van der Waals surface area contributed by atoms with Crippen LogP contribution in [0, 0.1) is 0 Å². The molecule has 0 aliphatic rings. The second kappa shape index (κ2) is 6.78. The fourth-order valence-corrected chi connectivity index (χ4v) is 1.76. The summed E-state index contributed by atoms with van der Waals surface area (Å²) in [6.45, 7) is 5.18. The first-order valence-electron chi connectivity index (χ1n) is 6.71. The topological polar surface area (TPSA) is 63.6 Å². The molecule has 0 unspecified atom stereocenters. The lowest BCUT2D eigenvalue weighted by Gasteiger charge is -2.08. The molecule has 0 saturated carbocycles. The van der Waals surface area contributed by atoms with Crippen LogP contribution < -0.4 is 5.32 Å². The molecule has 0 atom stereocenters. The molecule has 2 aromatic heterocycles. The SMILES string of the molecule is CCCNc1cc(CCC)nc(-c2ccncn2)n1. The highest BCUT2D eigenvalue weighted by Gasteiger charge is 2.07. The summed E-state index contributed by atoms with van der Waals surface area (Å²) in [5, 5.41) is 3.31. The van der Waals surface area contributed by atoms with Gasteiger partial charge in [-0.05, 0) is 18.9 Å². The van der Waals surface area contributed by atoms with E-state index in [9.17, 15) is 0 Å². The quantitative estimate of drug-likeness (QED) is 0.862. The zero-order valence-corrected chi connectivity index (χ0v) is 11.4. The molecule has 1 N–H and O–H groups in total. The first-order valence-corrected chi connectivity index (χ1v) is 6.71. The van der Waals surface area contributed by atoms with Crippen molar-refractivity contribution in [1.82, 2.24) is 19.9 Å². The van der Waals surface area contributed by atoms with Gasteiger partial charge in [-0.2, -0.15) is 0 Å². The van der Waals surface area contributed by atoms with E-state index < -0.39 is 0 Å². The molecule has 2 rings (SSSR count). The molecule has 2 aromatic rings. The summed E-state index contributed by atoms with van der Waals surface area (Å²) < 4.78 is 0. The van der Waals surface area contributed by atoms with Crippen LogP contribution in [0.4, 0.5) is 5.82 Å². The van der Waals surface area contributed by atoms with Gasteiger partial charge in [-0.15, -0.1) is 0 Å². The lowest BCUT2D eigenvalue weighted by molar-refractivity contribution is 0.870. The Kier molecular flexibility index (Phi) is 4.78. The minimum Gasteiger partial charge on any atom is -0.370 e. The molecule has 0 amide bonds. The van der Waals surface area contributed by atoms with Gasteiger partial charge in [-0.25, -0.2) is 19.9 Å². The number of rotatable bonds is 6. The van der Waals surface area contributed by atoms with Crippen LogP contribution in [0.15, 0.2) is 24.7 Å². The predicted octanol–water partition coefficient (Wildman–Crippen LogP) is 2.71. The summed E-state index contributed by atoms with van der Waals surface area (Å²) in [6, 6.07) is 3.85. The van der Waals surface area contributed by atoms with Crippen molar-refractivity contribution < 1.29 is 0 Å². The minimum atomic E-state index is 0.659. The highest BCUT2D eigenvalue weighted by Crippen LogP contribution is 2.16. The first-order chi connectivity index (χ1) is 9.33. The molecule has 100 valence electrons. The van der Waals surface area contributed by atoms with Crippen LogP contribution in [-0.2, 0) is 6.42 Å². The third-order valence-corrected chi connectivity index (χ3v) is 2.65. The molecular formula is C14H19N5. The Hall–Kier alpha value is -2.04. The Morgan fingerprint density at radius 1 is 1.16 bits per heavy atom. The summed E-state index contributed by atoms with van der Waals surface area (Å²) >= 11 is 0. The van der Waals surface area contributed by atoms with Crippen molar-refractivity contribution in [3.05, 3.63) is 30.4 Å². The maximum absolute atomic E-state index is 4.56. The standard InChI is InChI=1S/C14H19N5/c1-3-5-11-9-13(16-7-4-2)19-14(18-11)12-6-8-15-10-17-12/h6,8-10H,3-5,7H2,1-2H3,(H,16,18,19). The first kappa shape index (κ1) is 13.4. The van der Waals surface area contributed by atoms with Gasteiger partial charge in [0.05, 0.1) is 0 Å². The summed E-state index contributed by atoms with van der Waals surface area (Å²) in [4.78, 5) is 17.2. The third-order valence-electron chi connectivity index (χ3n) is 2.65. The number of hydrogen-bond acceptors (Lipinski definition) is 5. The van der Waals surface area contributed by atoms with Gasteiger partial charge in [0.15, 0.2) is 5.82 Å². The van der Waals surface area contributed by atoms with Crippen molar-refractivity contribution in [2.24, 2.45) is 0 Å². The molecule has 19 heavy (non-hydrogen) atoms. The molecule has 0 radical (unpaired) electrons. The fourth-order valence-electron chi connectivity index (χ4n) is 1.76. The van der Waals surface area contributed by atoms with Crippen LogP contribution in [-0.4, -0.2) is 26.5 Å². The molecule has 0 aromatic carbocycles. The van der Waals surface area contributed by atoms with Gasteiger partial charge in [0.1, 0.15) is 17.8 Å². The van der Waals surface area contributed by atoms with E-state index in [-0.39, 0.29) is 0 Å². The fraction of sp³-hybridized carbons (Fsp3) is 0.429. The van der Waals surface area contributed by atoms with Crippen molar-refractivity contribution >= 4 is 5.82 Å². The summed E-state index contributed by atoms with van der Waals surface area (Å²) in [5.41, 5.74) is 1.80. The molecule has 2 heterocycles. The van der Waals surface area contributed by atoms with Gasteiger partial charge in [0.2, 0.25) is 0 Å². The normalized spacial score (nSPS) is 10.4. The third kappa shape index (κ3) is 3.71. The van der Waals surface area contributed by atoms with Crippen molar-refractivity contribution in [2.45, 2.75) is 33.1 Å². The molecule has 5 heteroatoms. The molecule has 0 aliphatic carbocycles. The molecular weight excluding hydrogens is 238 g/mol. The largest absolute Gasteiger partial charge is 0.370 e. The van der Waals surface area contributed by atoms with Crippen LogP contribution in [0.3, 0.4) is 0 Å². The number of anilines is 1. The highest BCUT2D eigenvalue weighted by molar-refractivity contribution is 5.52. The summed E-state index contributed by atoms with van der Waals surface area (Å²) in [7, 11) is 0. The summed E-state index contributed by atoms with van der Waals surface area (Å²) in [6.07, 6.45) is 6.30. The van der Waals surface area contributed by atoms with Crippen molar-refractivity contribution in [3.63, 3.8) is 0 Å². The lowest BCUT2D eigenvalue weighted by Crippen LogP contribution is -2.06. The van der Waals surface area contributed by atoms with Gasteiger partial charge in [-0.1, -0.05) is 20.3 Å². The Morgan fingerprint density at radius 2 is 2.05 bits per heavy atom. The Labute approximate surface area is 113 Å². The highest BCUT2D eigenvalue weighted by atomic mass is 15.0. The number of nitrogens with one attached hydrogen (secondary N) is 1. The van der Waals surface area contributed by atoms with Gasteiger partial charge in [0.25, 0.3) is 0 Å². The average Bonchev–Trinajstić information content (AvgIpc) is 2.46. The van der Waals surface area contributed by atoms with Crippen LogP contribution >= 0.6 is 0 Å². The lowest BCUT2D eigenvalue weighted by atomic mass is 10.2. The molecule has 0 aliphatic heterocycles. The van der Waals surface area contributed by atoms with Crippen LogP contribution in [0.1, 0.15) is 32.4 Å². The van der Waals surface area contributed by atoms with Gasteiger partial charge in [-0.3, -0.25) is 0 Å². The zero-order valence-electron chi connectivity index (χ0n) is 11.4. The van der Waals surface area contributed by atoms with Crippen LogP contribution in [0.5, 0.6) is 0 Å². The van der Waals surface area contributed by atoms with E-state index in [2.05, 4.69) is 39.1 Å². The number of hydrogen-bond donors (Lipinski definition) is 1. The molecule has 0 fully saturated rings. The van der Waals surface area contributed by atoms with Gasteiger partial charge >= 0.3 is 0 Å². The van der Waals surface area contributed by atoms with E-state index in [1.165, 1.54) is 6.33 Å². The Bertz CT molecular complexity index is 512. The van der Waals surface area contributed by atoms with Crippen LogP contribution in [0.25, 0.3) is 11.5 Å². The van der Waals surface area contributed by atoms with Gasteiger partial charge < -0.3 is 5.32 Å². The van der Waals surface area contributed by atoms with Crippen LogP contribution in [0.2, 0.25) is 0 Å².